The molecule has 0 saturated heterocycles. The average Bonchev–Trinajstić information content (AvgIpc) is 2.97. The first-order chi connectivity index (χ1) is 19.1. The van der Waals surface area contributed by atoms with Gasteiger partial charge in [-0.3, -0.25) is 4.79 Å². The van der Waals surface area contributed by atoms with E-state index in [4.69, 9.17) is 9.47 Å². The predicted octanol–water partition coefficient (Wildman–Crippen LogP) is 9.54. The Morgan fingerprint density at radius 1 is 0.692 bits per heavy atom. The van der Waals surface area contributed by atoms with Gasteiger partial charge in [0.15, 0.2) is 0 Å². The zero-order chi connectivity index (χ0) is 27.7. The summed E-state index contributed by atoms with van der Waals surface area (Å²) in [6.45, 7) is 6.63. The van der Waals surface area contributed by atoms with Crippen molar-refractivity contribution in [3.05, 3.63) is 89.5 Å². The number of hydrogen-bond acceptors (Lipinski definition) is 3. The molecule has 3 rings (SSSR count). The van der Waals surface area contributed by atoms with E-state index in [1.807, 2.05) is 13.0 Å². The third-order valence-corrected chi connectivity index (χ3v) is 7.24. The molecule has 3 heteroatoms. The van der Waals surface area contributed by atoms with Crippen LogP contribution in [0.5, 0.6) is 5.75 Å². The second kappa shape index (κ2) is 17.5. The summed E-state index contributed by atoms with van der Waals surface area (Å²) in [5, 5.41) is 0. The van der Waals surface area contributed by atoms with Crippen molar-refractivity contribution in [2.75, 3.05) is 6.61 Å². The van der Waals surface area contributed by atoms with Crippen LogP contribution in [0, 0.1) is 0 Å². The van der Waals surface area contributed by atoms with E-state index in [-0.39, 0.29) is 12.1 Å². The Morgan fingerprint density at radius 2 is 1.36 bits per heavy atom. The van der Waals surface area contributed by atoms with Crippen molar-refractivity contribution in [2.45, 2.75) is 104 Å². The van der Waals surface area contributed by atoms with Gasteiger partial charge < -0.3 is 9.47 Å². The molecule has 0 fully saturated rings. The Bertz CT molecular complexity index is 1090. The van der Waals surface area contributed by atoms with Crippen molar-refractivity contribution < 1.29 is 14.3 Å². The number of benzene rings is 3. The fraction of sp³-hybridized carbons (Fsp3) is 0.472. The van der Waals surface area contributed by atoms with Crippen molar-refractivity contribution >= 4 is 5.97 Å². The fourth-order valence-corrected chi connectivity index (χ4v) is 4.82. The number of aryl methyl sites for hydroxylation is 3. The molecule has 210 valence electrons. The Kier molecular flexibility index (Phi) is 13.7. The number of carbonyl (C=O) groups is 1. The molecule has 0 unspecified atom stereocenters. The summed E-state index contributed by atoms with van der Waals surface area (Å²) in [5.74, 6) is 0.791. The molecular formula is C36H48O3. The van der Waals surface area contributed by atoms with E-state index in [2.05, 4.69) is 80.6 Å². The molecule has 0 saturated carbocycles. The number of unbranched alkanes of at least 4 members (excludes halogenated alkanes) is 6. The van der Waals surface area contributed by atoms with Gasteiger partial charge in [-0.2, -0.15) is 0 Å². The van der Waals surface area contributed by atoms with Crippen LogP contribution in [0.2, 0.25) is 0 Å². The summed E-state index contributed by atoms with van der Waals surface area (Å²) in [4.78, 5) is 12.1. The average molecular weight is 529 g/mol. The monoisotopic (exact) mass is 528 g/mol. The highest BCUT2D eigenvalue weighted by atomic mass is 16.6. The summed E-state index contributed by atoms with van der Waals surface area (Å²) in [5.41, 5.74) is 6.33. The van der Waals surface area contributed by atoms with Crippen LogP contribution in [0.4, 0.5) is 0 Å². The van der Waals surface area contributed by atoms with Crippen LogP contribution in [0.1, 0.15) is 95.2 Å². The van der Waals surface area contributed by atoms with Gasteiger partial charge in [0.2, 0.25) is 0 Å². The lowest BCUT2D eigenvalue weighted by Gasteiger charge is -2.18. The molecule has 0 heterocycles. The van der Waals surface area contributed by atoms with E-state index in [1.54, 1.807) is 0 Å². The standard InChI is InChI=1S/C36H48O3/c1-4-6-8-9-10-12-15-31-22-26-34(35(27-31)38-28-29(3)39-36(37)18-7-5-2)25-21-30-19-23-33(24-20-30)32-16-13-11-14-17-32/h11,13-14,16-17,19-20,22-24,26-27,29H,4-10,12,15,18,21,25,28H2,1-3H3/t29-/m0/s1. The summed E-state index contributed by atoms with van der Waals surface area (Å²) in [6.07, 6.45) is 12.8. The maximum absolute atomic E-state index is 12.1. The van der Waals surface area contributed by atoms with Crippen molar-refractivity contribution in [3.63, 3.8) is 0 Å². The molecule has 0 aliphatic rings. The van der Waals surface area contributed by atoms with E-state index < -0.39 is 0 Å². The van der Waals surface area contributed by atoms with E-state index in [0.717, 1.165) is 37.9 Å². The second-order valence-electron chi connectivity index (χ2n) is 10.7. The van der Waals surface area contributed by atoms with Crippen LogP contribution < -0.4 is 4.74 Å². The van der Waals surface area contributed by atoms with Crippen LogP contribution >= 0.6 is 0 Å². The summed E-state index contributed by atoms with van der Waals surface area (Å²) in [6, 6.07) is 26.1. The molecule has 0 aliphatic carbocycles. The van der Waals surface area contributed by atoms with Crippen LogP contribution in [0.25, 0.3) is 11.1 Å². The lowest BCUT2D eigenvalue weighted by Crippen LogP contribution is -2.22. The van der Waals surface area contributed by atoms with E-state index in [9.17, 15) is 4.79 Å². The van der Waals surface area contributed by atoms with Gasteiger partial charge in [0, 0.05) is 6.42 Å². The first kappa shape index (κ1) is 30.5. The number of hydrogen-bond donors (Lipinski definition) is 0. The Balaban J connectivity index is 1.61. The molecule has 3 nitrogen and oxygen atoms in total. The first-order valence-corrected chi connectivity index (χ1v) is 15.2. The van der Waals surface area contributed by atoms with E-state index in [1.165, 1.54) is 66.3 Å². The normalized spacial score (nSPS) is 11.8. The van der Waals surface area contributed by atoms with Crippen molar-refractivity contribution in [2.24, 2.45) is 0 Å². The molecule has 3 aromatic rings. The SMILES string of the molecule is CCCCCCCCc1ccc(CCc2ccc(-c3ccccc3)cc2)c(OC[C@H](C)OC(=O)CCCC)c1. The molecule has 0 spiro atoms. The van der Waals surface area contributed by atoms with Crippen molar-refractivity contribution in [1.82, 2.24) is 0 Å². The van der Waals surface area contributed by atoms with E-state index in [0.29, 0.717) is 13.0 Å². The maximum atomic E-state index is 12.1. The highest BCUT2D eigenvalue weighted by Crippen LogP contribution is 2.25. The molecule has 39 heavy (non-hydrogen) atoms. The quantitative estimate of drug-likeness (QED) is 0.122. The Hall–Kier alpha value is -3.07. The van der Waals surface area contributed by atoms with Crippen LogP contribution in [0.3, 0.4) is 0 Å². The number of rotatable bonds is 18. The maximum Gasteiger partial charge on any atom is 0.306 e. The minimum Gasteiger partial charge on any atom is -0.489 e. The van der Waals surface area contributed by atoms with Crippen molar-refractivity contribution in [3.8, 4) is 16.9 Å². The molecule has 0 aliphatic heterocycles. The largest absolute Gasteiger partial charge is 0.489 e. The predicted molar refractivity (Wildman–Crippen MR) is 163 cm³/mol. The van der Waals surface area contributed by atoms with Gasteiger partial charge in [0.05, 0.1) is 0 Å². The zero-order valence-corrected chi connectivity index (χ0v) is 24.4. The first-order valence-electron chi connectivity index (χ1n) is 15.2. The fourth-order valence-electron chi connectivity index (χ4n) is 4.82. The molecule has 0 radical (unpaired) electrons. The second-order valence-corrected chi connectivity index (χ2v) is 10.7. The summed E-state index contributed by atoms with van der Waals surface area (Å²) in [7, 11) is 0. The molecular weight excluding hydrogens is 480 g/mol. The molecule has 3 aromatic carbocycles. The van der Waals surface area contributed by atoms with Crippen molar-refractivity contribution in [1.29, 1.82) is 0 Å². The molecule has 0 N–H and O–H groups in total. The Labute approximate surface area is 237 Å². The third-order valence-electron chi connectivity index (χ3n) is 7.24. The molecule has 1 atom stereocenters. The topological polar surface area (TPSA) is 35.5 Å². The minimum absolute atomic E-state index is 0.135. The summed E-state index contributed by atoms with van der Waals surface area (Å²) >= 11 is 0. The number of esters is 1. The molecule has 0 aromatic heterocycles. The van der Waals surface area contributed by atoms with E-state index >= 15 is 0 Å². The lowest BCUT2D eigenvalue weighted by molar-refractivity contribution is -0.149. The highest BCUT2D eigenvalue weighted by molar-refractivity contribution is 5.69. The van der Waals surface area contributed by atoms with Gasteiger partial charge in [0.25, 0.3) is 0 Å². The highest BCUT2D eigenvalue weighted by Gasteiger charge is 2.13. The van der Waals surface area contributed by atoms with Gasteiger partial charge >= 0.3 is 5.97 Å². The molecule has 0 bridgehead atoms. The smallest absolute Gasteiger partial charge is 0.306 e. The Morgan fingerprint density at radius 3 is 2.10 bits per heavy atom. The van der Waals surface area contributed by atoms with Crippen LogP contribution in [-0.4, -0.2) is 18.7 Å². The van der Waals surface area contributed by atoms with Gasteiger partial charge in [-0.25, -0.2) is 0 Å². The number of ether oxygens (including phenoxy) is 2. The molecule has 0 amide bonds. The number of carbonyl (C=O) groups excluding carboxylic acids is 1. The van der Waals surface area contributed by atoms with Crippen LogP contribution in [-0.2, 0) is 28.8 Å². The van der Waals surface area contributed by atoms with Gasteiger partial charge in [0.1, 0.15) is 18.5 Å². The summed E-state index contributed by atoms with van der Waals surface area (Å²) < 4.78 is 11.9. The van der Waals surface area contributed by atoms with Gasteiger partial charge in [-0.05, 0) is 72.9 Å². The third kappa shape index (κ3) is 11.3. The van der Waals surface area contributed by atoms with Crippen LogP contribution in [0.15, 0.2) is 72.8 Å². The lowest BCUT2D eigenvalue weighted by atomic mass is 9.98. The van der Waals surface area contributed by atoms with Gasteiger partial charge in [-0.15, -0.1) is 0 Å². The minimum atomic E-state index is -0.269. The van der Waals surface area contributed by atoms with Gasteiger partial charge in [-0.1, -0.05) is 119 Å². The zero-order valence-electron chi connectivity index (χ0n) is 24.4.